The first-order valence-electron chi connectivity index (χ1n) is 7.40. The number of aliphatic hydroxyl groups excluding tert-OH is 1. The molecule has 2 rings (SSSR count). The topological polar surface area (TPSA) is 35.5 Å². The number of hydrogen-bond acceptors (Lipinski definition) is 3. The van der Waals surface area contributed by atoms with Gasteiger partial charge >= 0.3 is 0 Å². The molecule has 0 aromatic carbocycles. The molecule has 1 saturated heterocycles. The van der Waals surface area contributed by atoms with Crippen molar-refractivity contribution in [3.05, 3.63) is 0 Å². The molecule has 100 valence electrons. The van der Waals surface area contributed by atoms with Crippen molar-refractivity contribution in [2.24, 2.45) is 0 Å². The Hall–Kier alpha value is -0.120. The van der Waals surface area contributed by atoms with Gasteiger partial charge < -0.3 is 15.3 Å². The fourth-order valence-corrected chi connectivity index (χ4v) is 3.23. The van der Waals surface area contributed by atoms with Gasteiger partial charge in [0.05, 0.1) is 6.10 Å². The van der Waals surface area contributed by atoms with E-state index in [1.807, 2.05) is 0 Å². The van der Waals surface area contributed by atoms with Crippen LogP contribution in [-0.2, 0) is 0 Å². The molecule has 1 aliphatic heterocycles. The zero-order valence-corrected chi connectivity index (χ0v) is 11.2. The van der Waals surface area contributed by atoms with Crippen LogP contribution in [0.1, 0.15) is 51.9 Å². The average molecular weight is 240 g/mol. The fraction of sp³-hybridized carbons (Fsp3) is 1.00. The van der Waals surface area contributed by atoms with Gasteiger partial charge in [-0.25, -0.2) is 0 Å². The summed E-state index contributed by atoms with van der Waals surface area (Å²) in [5.41, 5.74) is 0. The van der Waals surface area contributed by atoms with Gasteiger partial charge in [-0.15, -0.1) is 0 Å². The molecule has 0 radical (unpaired) electrons. The molecule has 0 amide bonds. The van der Waals surface area contributed by atoms with E-state index in [1.54, 1.807) is 0 Å². The summed E-state index contributed by atoms with van der Waals surface area (Å²) in [7, 11) is 0. The van der Waals surface area contributed by atoms with Crippen molar-refractivity contribution in [1.82, 2.24) is 10.2 Å². The largest absolute Gasteiger partial charge is 0.393 e. The van der Waals surface area contributed by atoms with Crippen LogP contribution in [-0.4, -0.2) is 47.8 Å². The third-order valence-corrected chi connectivity index (χ3v) is 4.20. The van der Waals surface area contributed by atoms with E-state index in [9.17, 15) is 5.11 Å². The monoisotopic (exact) mass is 240 g/mol. The lowest BCUT2D eigenvalue weighted by molar-refractivity contribution is 0.111. The van der Waals surface area contributed by atoms with Crippen LogP contribution in [0.2, 0.25) is 0 Å². The number of hydrogen-bond donors (Lipinski definition) is 2. The third kappa shape index (κ3) is 4.57. The molecule has 1 atom stereocenters. The summed E-state index contributed by atoms with van der Waals surface area (Å²) in [4.78, 5) is 2.60. The van der Waals surface area contributed by atoms with Gasteiger partial charge in [0, 0.05) is 18.6 Å². The minimum atomic E-state index is -0.0366. The SMILES string of the molecule is CC(CN1CCCCC1)NC1CCC(O)CC1. The number of likely N-dealkylation sites (tertiary alicyclic amines) is 1. The van der Waals surface area contributed by atoms with E-state index < -0.39 is 0 Å². The minimum absolute atomic E-state index is 0.0366. The van der Waals surface area contributed by atoms with Gasteiger partial charge in [0.15, 0.2) is 0 Å². The summed E-state index contributed by atoms with van der Waals surface area (Å²) < 4.78 is 0. The van der Waals surface area contributed by atoms with Crippen LogP contribution >= 0.6 is 0 Å². The van der Waals surface area contributed by atoms with Crippen LogP contribution in [0.4, 0.5) is 0 Å². The summed E-state index contributed by atoms with van der Waals surface area (Å²) in [6, 6.07) is 1.23. The fourth-order valence-electron chi connectivity index (χ4n) is 3.23. The molecule has 0 spiro atoms. The Morgan fingerprint density at radius 3 is 2.41 bits per heavy atom. The summed E-state index contributed by atoms with van der Waals surface area (Å²) >= 11 is 0. The summed E-state index contributed by atoms with van der Waals surface area (Å²) in [5.74, 6) is 0. The Morgan fingerprint density at radius 1 is 1.12 bits per heavy atom. The van der Waals surface area contributed by atoms with Crippen LogP contribution in [0, 0.1) is 0 Å². The van der Waals surface area contributed by atoms with Gasteiger partial charge in [-0.05, 0) is 58.5 Å². The maximum atomic E-state index is 9.49. The van der Waals surface area contributed by atoms with Gasteiger partial charge in [-0.2, -0.15) is 0 Å². The molecule has 1 saturated carbocycles. The molecule has 0 bridgehead atoms. The van der Waals surface area contributed by atoms with E-state index in [0.29, 0.717) is 12.1 Å². The Bertz CT molecular complexity index is 208. The lowest BCUT2D eigenvalue weighted by Crippen LogP contribution is -2.46. The van der Waals surface area contributed by atoms with Gasteiger partial charge in [0.2, 0.25) is 0 Å². The second-order valence-electron chi connectivity index (χ2n) is 5.93. The highest BCUT2D eigenvalue weighted by atomic mass is 16.3. The first kappa shape index (κ1) is 13.3. The van der Waals surface area contributed by atoms with Crippen LogP contribution in [0.15, 0.2) is 0 Å². The molecule has 1 unspecified atom stereocenters. The first-order chi connectivity index (χ1) is 8.24. The van der Waals surface area contributed by atoms with Crippen LogP contribution in [0.25, 0.3) is 0 Å². The van der Waals surface area contributed by atoms with E-state index in [-0.39, 0.29) is 6.10 Å². The highest BCUT2D eigenvalue weighted by Gasteiger charge is 2.21. The Morgan fingerprint density at radius 2 is 1.76 bits per heavy atom. The van der Waals surface area contributed by atoms with Crippen molar-refractivity contribution in [2.45, 2.75) is 70.1 Å². The molecule has 1 aliphatic carbocycles. The molecule has 3 heteroatoms. The first-order valence-corrected chi connectivity index (χ1v) is 7.40. The molecular weight excluding hydrogens is 212 g/mol. The summed E-state index contributed by atoms with van der Waals surface area (Å²) in [6.45, 7) is 6.07. The maximum absolute atomic E-state index is 9.49. The van der Waals surface area contributed by atoms with Gasteiger partial charge in [0.1, 0.15) is 0 Å². The van der Waals surface area contributed by atoms with Crippen LogP contribution < -0.4 is 5.32 Å². The highest BCUT2D eigenvalue weighted by molar-refractivity contribution is 4.80. The Kier molecular flexibility index (Phi) is 5.26. The summed E-state index contributed by atoms with van der Waals surface area (Å²) in [6.07, 6.45) is 8.38. The number of aliphatic hydroxyl groups is 1. The van der Waals surface area contributed by atoms with E-state index in [0.717, 1.165) is 25.7 Å². The second kappa shape index (κ2) is 6.72. The number of nitrogens with zero attached hydrogens (tertiary/aromatic N) is 1. The predicted molar refractivity (Wildman–Crippen MR) is 71.2 cm³/mol. The quantitative estimate of drug-likeness (QED) is 0.786. The van der Waals surface area contributed by atoms with Crippen molar-refractivity contribution in [1.29, 1.82) is 0 Å². The van der Waals surface area contributed by atoms with Gasteiger partial charge in [0.25, 0.3) is 0 Å². The molecule has 3 nitrogen and oxygen atoms in total. The minimum Gasteiger partial charge on any atom is -0.393 e. The Balaban J connectivity index is 1.64. The van der Waals surface area contributed by atoms with E-state index in [4.69, 9.17) is 0 Å². The number of rotatable bonds is 4. The van der Waals surface area contributed by atoms with Gasteiger partial charge in [-0.1, -0.05) is 6.42 Å². The summed E-state index contributed by atoms with van der Waals surface area (Å²) in [5, 5.41) is 13.2. The van der Waals surface area contributed by atoms with Gasteiger partial charge in [-0.3, -0.25) is 0 Å². The normalized spacial score (nSPS) is 33.5. The standard InChI is InChI=1S/C14H28N2O/c1-12(11-16-9-3-2-4-10-16)15-13-5-7-14(17)8-6-13/h12-15,17H,2-11H2,1H3. The molecule has 1 heterocycles. The lowest BCUT2D eigenvalue weighted by atomic mass is 9.92. The number of piperidine rings is 1. The highest BCUT2D eigenvalue weighted by Crippen LogP contribution is 2.19. The van der Waals surface area contributed by atoms with E-state index >= 15 is 0 Å². The van der Waals surface area contributed by atoms with Crippen molar-refractivity contribution >= 4 is 0 Å². The van der Waals surface area contributed by atoms with E-state index in [1.165, 1.54) is 38.9 Å². The molecule has 2 N–H and O–H groups in total. The van der Waals surface area contributed by atoms with Crippen LogP contribution in [0.5, 0.6) is 0 Å². The molecule has 0 aromatic rings. The molecular formula is C14H28N2O. The van der Waals surface area contributed by atoms with E-state index in [2.05, 4.69) is 17.1 Å². The lowest BCUT2D eigenvalue weighted by Gasteiger charge is -2.33. The van der Waals surface area contributed by atoms with Crippen molar-refractivity contribution in [3.63, 3.8) is 0 Å². The molecule has 17 heavy (non-hydrogen) atoms. The molecule has 2 fully saturated rings. The van der Waals surface area contributed by atoms with Crippen molar-refractivity contribution in [3.8, 4) is 0 Å². The average Bonchev–Trinajstić information content (AvgIpc) is 2.33. The van der Waals surface area contributed by atoms with Crippen LogP contribution in [0.3, 0.4) is 0 Å². The zero-order valence-electron chi connectivity index (χ0n) is 11.2. The number of nitrogens with one attached hydrogen (secondary N) is 1. The maximum Gasteiger partial charge on any atom is 0.0541 e. The second-order valence-corrected chi connectivity index (χ2v) is 5.93. The van der Waals surface area contributed by atoms with Crippen molar-refractivity contribution in [2.75, 3.05) is 19.6 Å². The van der Waals surface area contributed by atoms with Crippen molar-refractivity contribution < 1.29 is 5.11 Å². The zero-order chi connectivity index (χ0) is 12.1. The molecule has 2 aliphatic rings. The smallest absolute Gasteiger partial charge is 0.0541 e. The predicted octanol–water partition coefficient (Wildman–Crippen LogP) is 1.75. The Labute approximate surface area is 106 Å². The third-order valence-electron chi connectivity index (χ3n) is 4.20. The molecule has 0 aromatic heterocycles.